The molecule has 1 aromatic heterocycles. The van der Waals surface area contributed by atoms with Crippen LogP contribution in [0.1, 0.15) is 26.0 Å². The lowest BCUT2D eigenvalue weighted by Gasteiger charge is -2.29. The molecule has 1 atom stereocenters. The summed E-state index contributed by atoms with van der Waals surface area (Å²) in [7, 11) is 0. The Morgan fingerprint density at radius 3 is 2.76 bits per heavy atom. The highest BCUT2D eigenvalue weighted by Crippen LogP contribution is 2.23. The van der Waals surface area contributed by atoms with Crippen LogP contribution in [0.25, 0.3) is 0 Å². The first-order chi connectivity index (χ1) is 10.0. The van der Waals surface area contributed by atoms with Gasteiger partial charge in [-0.25, -0.2) is 4.68 Å². The number of nitrogen functional groups attached to an aromatic ring is 1. The maximum Gasteiger partial charge on any atom is 0.244 e. The zero-order chi connectivity index (χ0) is 15.4. The van der Waals surface area contributed by atoms with Gasteiger partial charge in [0.05, 0.1) is 24.6 Å². The molecule has 0 aliphatic carbocycles. The van der Waals surface area contributed by atoms with Gasteiger partial charge >= 0.3 is 0 Å². The predicted octanol–water partition coefficient (Wildman–Crippen LogP) is 0.843. The monoisotopic (exact) mass is 295 g/mol. The fourth-order valence-corrected chi connectivity index (χ4v) is 2.45. The molecule has 1 aliphatic rings. The average Bonchev–Trinajstić information content (AvgIpc) is 2.75. The van der Waals surface area contributed by atoms with Crippen molar-refractivity contribution in [2.75, 3.05) is 37.4 Å². The van der Waals surface area contributed by atoms with Crippen LogP contribution in [0.5, 0.6) is 0 Å². The molecule has 7 nitrogen and oxygen atoms in total. The summed E-state index contributed by atoms with van der Waals surface area (Å²) in [5.41, 5.74) is 7.47. The second-order valence-electron chi connectivity index (χ2n) is 5.37. The molecule has 0 bridgehead atoms. The average molecular weight is 295 g/mol. The number of hydrogen-bond donors (Lipinski definition) is 2. The number of hydrogen-bond acceptors (Lipinski definition) is 5. The molecule has 2 heterocycles. The first-order valence-electron chi connectivity index (χ1n) is 7.50. The van der Waals surface area contributed by atoms with E-state index in [1.165, 1.54) is 0 Å². The first-order valence-corrected chi connectivity index (χ1v) is 7.50. The van der Waals surface area contributed by atoms with Crippen molar-refractivity contribution >= 4 is 17.4 Å². The van der Waals surface area contributed by atoms with E-state index in [-0.39, 0.29) is 11.9 Å². The van der Waals surface area contributed by atoms with Crippen molar-refractivity contribution in [3.8, 4) is 0 Å². The molecule has 118 valence electrons. The van der Waals surface area contributed by atoms with E-state index in [4.69, 9.17) is 10.5 Å². The molecule has 21 heavy (non-hydrogen) atoms. The van der Waals surface area contributed by atoms with Crippen molar-refractivity contribution in [2.24, 2.45) is 0 Å². The van der Waals surface area contributed by atoms with Gasteiger partial charge in [-0.3, -0.25) is 4.79 Å². The van der Waals surface area contributed by atoms with E-state index in [0.29, 0.717) is 32.0 Å². The summed E-state index contributed by atoms with van der Waals surface area (Å²) in [6.07, 6.45) is 0.959. The number of rotatable bonds is 5. The lowest BCUT2D eigenvalue weighted by molar-refractivity contribution is -0.135. The lowest BCUT2D eigenvalue weighted by Crippen LogP contribution is -2.47. The maximum absolute atomic E-state index is 12.4. The van der Waals surface area contributed by atoms with Crippen molar-refractivity contribution in [2.45, 2.75) is 39.8 Å². The van der Waals surface area contributed by atoms with Crippen LogP contribution in [-0.2, 0) is 16.1 Å². The van der Waals surface area contributed by atoms with Gasteiger partial charge in [0.15, 0.2) is 0 Å². The second-order valence-corrected chi connectivity index (χ2v) is 5.37. The van der Waals surface area contributed by atoms with E-state index in [1.54, 1.807) is 0 Å². The number of nitrogens with zero attached hydrogens (tertiary/aromatic N) is 3. The van der Waals surface area contributed by atoms with Crippen molar-refractivity contribution in [1.82, 2.24) is 14.7 Å². The van der Waals surface area contributed by atoms with E-state index >= 15 is 0 Å². The minimum atomic E-state index is -0.336. The smallest absolute Gasteiger partial charge is 0.244 e. The minimum Gasteiger partial charge on any atom is -0.394 e. The van der Waals surface area contributed by atoms with Gasteiger partial charge in [-0.2, -0.15) is 5.10 Å². The summed E-state index contributed by atoms with van der Waals surface area (Å²) in [6, 6.07) is -0.336. The number of amides is 1. The summed E-state index contributed by atoms with van der Waals surface area (Å²) in [5, 5.41) is 7.63. The van der Waals surface area contributed by atoms with Gasteiger partial charge in [0.25, 0.3) is 0 Å². The van der Waals surface area contributed by atoms with E-state index in [0.717, 1.165) is 24.5 Å². The Bertz CT molecular complexity index is 494. The minimum absolute atomic E-state index is 0.0691. The lowest BCUT2D eigenvalue weighted by atomic mass is 10.2. The molecule has 1 fully saturated rings. The van der Waals surface area contributed by atoms with Gasteiger partial charge in [-0.05, 0) is 20.3 Å². The van der Waals surface area contributed by atoms with Crippen molar-refractivity contribution in [3.63, 3.8) is 0 Å². The number of anilines is 2. The van der Waals surface area contributed by atoms with E-state index in [1.807, 2.05) is 23.4 Å². The van der Waals surface area contributed by atoms with Gasteiger partial charge in [0.1, 0.15) is 11.9 Å². The molecule has 1 amide bonds. The van der Waals surface area contributed by atoms with Crippen LogP contribution in [-0.4, -0.2) is 52.9 Å². The van der Waals surface area contributed by atoms with Crippen LogP contribution in [0.3, 0.4) is 0 Å². The Kier molecular flexibility index (Phi) is 5.06. The number of aryl methyl sites for hydroxylation is 2. The largest absolute Gasteiger partial charge is 0.394 e. The third kappa shape index (κ3) is 3.47. The number of carbonyl (C=O) groups excluding carboxylic acids is 1. The van der Waals surface area contributed by atoms with Crippen LogP contribution >= 0.6 is 0 Å². The number of nitrogens with two attached hydrogens (primary N) is 1. The predicted molar refractivity (Wildman–Crippen MR) is 82.2 cm³/mol. The molecule has 1 aromatic rings. The number of aromatic nitrogens is 2. The Hall–Kier alpha value is -1.76. The van der Waals surface area contributed by atoms with Crippen molar-refractivity contribution < 1.29 is 9.53 Å². The first kappa shape index (κ1) is 15.6. The van der Waals surface area contributed by atoms with Crippen LogP contribution in [0.2, 0.25) is 0 Å². The fraction of sp³-hybridized carbons (Fsp3) is 0.714. The molecule has 7 heteroatoms. The molecule has 0 saturated carbocycles. The number of nitrogens with one attached hydrogen (secondary N) is 1. The standard InChI is InChI=1S/C14H25N5O2/c1-4-5-19-13(12(15)10(2)17-19)16-11(3)14(20)18-6-8-21-9-7-18/h11,16H,4-9,15H2,1-3H3. The summed E-state index contributed by atoms with van der Waals surface area (Å²) in [5.74, 6) is 0.808. The van der Waals surface area contributed by atoms with Crippen molar-refractivity contribution in [3.05, 3.63) is 5.69 Å². The number of carbonyl (C=O) groups is 1. The quantitative estimate of drug-likeness (QED) is 0.841. The molecule has 0 aromatic carbocycles. The molecule has 0 spiro atoms. The summed E-state index contributed by atoms with van der Waals surface area (Å²) >= 11 is 0. The Labute approximate surface area is 125 Å². The molecule has 1 saturated heterocycles. The summed E-state index contributed by atoms with van der Waals surface area (Å²) < 4.78 is 7.11. The van der Waals surface area contributed by atoms with E-state index in [9.17, 15) is 4.79 Å². The van der Waals surface area contributed by atoms with Gasteiger partial charge in [-0.15, -0.1) is 0 Å². The van der Waals surface area contributed by atoms with Gasteiger partial charge < -0.3 is 20.7 Å². The van der Waals surface area contributed by atoms with Gasteiger partial charge in [0, 0.05) is 19.6 Å². The van der Waals surface area contributed by atoms with E-state index in [2.05, 4.69) is 17.3 Å². The van der Waals surface area contributed by atoms with E-state index < -0.39 is 0 Å². The zero-order valence-corrected chi connectivity index (χ0v) is 13.1. The van der Waals surface area contributed by atoms with Crippen LogP contribution in [0, 0.1) is 6.92 Å². The molecular formula is C14H25N5O2. The van der Waals surface area contributed by atoms with Crippen LogP contribution < -0.4 is 11.1 Å². The van der Waals surface area contributed by atoms with Gasteiger partial charge in [-0.1, -0.05) is 6.92 Å². The Balaban J connectivity index is 2.07. The Morgan fingerprint density at radius 2 is 2.14 bits per heavy atom. The highest BCUT2D eigenvalue weighted by Gasteiger charge is 2.24. The third-order valence-electron chi connectivity index (χ3n) is 3.66. The van der Waals surface area contributed by atoms with Crippen molar-refractivity contribution in [1.29, 1.82) is 0 Å². The highest BCUT2D eigenvalue weighted by molar-refractivity contribution is 5.85. The fourth-order valence-electron chi connectivity index (χ4n) is 2.45. The normalized spacial score (nSPS) is 16.8. The molecule has 3 N–H and O–H groups in total. The van der Waals surface area contributed by atoms with Crippen LogP contribution in [0.15, 0.2) is 0 Å². The molecule has 2 rings (SSSR count). The van der Waals surface area contributed by atoms with Gasteiger partial charge in [0.2, 0.25) is 5.91 Å². The third-order valence-corrected chi connectivity index (χ3v) is 3.66. The highest BCUT2D eigenvalue weighted by atomic mass is 16.5. The molecule has 1 aliphatic heterocycles. The summed E-state index contributed by atoms with van der Waals surface area (Å²) in [6.45, 7) is 9.09. The molecular weight excluding hydrogens is 270 g/mol. The second kappa shape index (κ2) is 6.80. The number of ether oxygens (including phenoxy) is 1. The summed E-state index contributed by atoms with van der Waals surface area (Å²) in [4.78, 5) is 14.3. The maximum atomic E-state index is 12.4. The number of morpholine rings is 1. The van der Waals surface area contributed by atoms with Crippen LogP contribution in [0.4, 0.5) is 11.5 Å². The Morgan fingerprint density at radius 1 is 1.48 bits per heavy atom. The topological polar surface area (TPSA) is 85.4 Å². The zero-order valence-electron chi connectivity index (χ0n) is 13.1. The molecule has 1 unspecified atom stereocenters. The molecule has 0 radical (unpaired) electrons. The SMILES string of the molecule is CCCn1nc(C)c(N)c1NC(C)C(=O)N1CCOCC1.